The highest BCUT2D eigenvalue weighted by molar-refractivity contribution is 5.86. The SMILES string of the molecule is C=CCN(c1cc(C#N)c2ccccc2n1)C(C)C. The molecule has 0 amide bonds. The summed E-state index contributed by atoms with van der Waals surface area (Å²) >= 11 is 0. The summed E-state index contributed by atoms with van der Waals surface area (Å²) in [7, 11) is 0. The summed E-state index contributed by atoms with van der Waals surface area (Å²) in [4.78, 5) is 6.78. The first kappa shape index (κ1) is 13.1. The van der Waals surface area contributed by atoms with Gasteiger partial charge in [-0.15, -0.1) is 6.58 Å². The minimum atomic E-state index is 0.304. The van der Waals surface area contributed by atoms with Crippen molar-refractivity contribution in [3.8, 4) is 6.07 Å². The van der Waals surface area contributed by atoms with Crippen LogP contribution in [-0.4, -0.2) is 17.6 Å². The molecule has 0 atom stereocenters. The van der Waals surface area contributed by atoms with Crippen LogP contribution in [0, 0.1) is 11.3 Å². The first-order valence-corrected chi connectivity index (χ1v) is 6.34. The van der Waals surface area contributed by atoms with E-state index in [0.717, 1.165) is 16.7 Å². The fourth-order valence-electron chi connectivity index (χ4n) is 2.11. The van der Waals surface area contributed by atoms with Crippen LogP contribution in [0.4, 0.5) is 5.82 Å². The monoisotopic (exact) mass is 251 g/mol. The van der Waals surface area contributed by atoms with Gasteiger partial charge in [0.1, 0.15) is 5.82 Å². The molecule has 0 saturated carbocycles. The van der Waals surface area contributed by atoms with Crippen LogP contribution in [0.3, 0.4) is 0 Å². The number of hydrogen-bond donors (Lipinski definition) is 0. The van der Waals surface area contributed by atoms with Gasteiger partial charge in [-0.05, 0) is 26.0 Å². The van der Waals surface area contributed by atoms with E-state index in [1.807, 2.05) is 36.4 Å². The zero-order valence-electron chi connectivity index (χ0n) is 11.3. The van der Waals surface area contributed by atoms with E-state index in [4.69, 9.17) is 0 Å². The summed E-state index contributed by atoms with van der Waals surface area (Å²) < 4.78 is 0. The average Bonchev–Trinajstić information content (AvgIpc) is 2.43. The summed E-state index contributed by atoms with van der Waals surface area (Å²) in [5, 5.41) is 10.2. The van der Waals surface area contributed by atoms with Crippen LogP contribution < -0.4 is 4.90 Å². The van der Waals surface area contributed by atoms with E-state index < -0.39 is 0 Å². The number of anilines is 1. The van der Waals surface area contributed by atoms with Gasteiger partial charge in [0.2, 0.25) is 0 Å². The molecule has 1 aromatic heterocycles. The molecule has 96 valence electrons. The van der Waals surface area contributed by atoms with Gasteiger partial charge >= 0.3 is 0 Å². The topological polar surface area (TPSA) is 39.9 Å². The molecule has 0 radical (unpaired) electrons. The lowest BCUT2D eigenvalue weighted by Crippen LogP contribution is -2.31. The van der Waals surface area contributed by atoms with Crippen molar-refractivity contribution in [2.45, 2.75) is 19.9 Å². The molecule has 0 unspecified atom stereocenters. The Bertz CT molecular complexity index is 638. The van der Waals surface area contributed by atoms with E-state index in [2.05, 4.69) is 36.4 Å². The van der Waals surface area contributed by atoms with Crippen LogP contribution in [0.2, 0.25) is 0 Å². The number of nitriles is 1. The van der Waals surface area contributed by atoms with Gasteiger partial charge in [-0.1, -0.05) is 24.3 Å². The quantitative estimate of drug-likeness (QED) is 0.781. The van der Waals surface area contributed by atoms with Crippen LogP contribution in [0.15, 0.2) is 43.0 Å². The second kappa shape index (κ2) is 5.53. The predicted octanol–water partition coefficient (Wildman–Crippen LogP) is 3.51. The highest BCUT2D eigenvalue weighted by Gasteiger charge is 2.13. The number of benzene rings is 1. The van der Waals surface area contributed by atoms with Crippen molar-refractivity contribution in [1.82, 2.24) is 4.98 Å². The Balaban J connectivity index is 2.61. The lowest BCUT2D eigenvalue weighted by Gasteiger charge is -2.27. The maximum absolute atomic E-state index is 9.29. The molecule has 0 fully saturated rings. The van der Waals surface area contributed by atoms with Gasteiger partial charge in [-0.25, -0.2) is 4.98 Å². The standard InChI is InChI=1S/C16H17N3/c1-4-9-19(12(2)3)16-10-13(11-17)14-7-5-6-8-15(14)18-16/h4-8,10,12H,1,9H2,2-3H3. The molecule has 0 aliphatic carbocycles. The predicted molar refractivity (Wildman–Crippen MR) is 79.1 cm³/mol. The molecule has 2 aromatic rings. The third-order valence-electron chi connectivity index (χ3n) is 3.07. The number of fused-ring (bicyclic) bond motifs is 1. The lowest BCUT2D eigenvalue weighted by molar-refractivity contribution is 0.714. The minimum absolute atomic E-state index is 0.304. The van der Waals surface area contributed by atoms with Gasteiger partial charge in [0.05, 0.1) is 17.1 Å². The molecule has 0 spiro atoms. The maximum atomic E-state index is 9.29. The fraction of sp³-hybridized carbons (Fsp3) is 0.250. The van der Waals surface area contributed by atoms with Gasteiger partial charge in [0, 0.05) is 18.0 Å². The lowest BCUT2D eigenvalue weighted by atomic mass is 10.1. The molecule has 3 heteroatoms. The normalized spacial score (nSPS) is 10.4. The van der Waals surface area contributed by atoms with E-state index in [1.54, 1.807) is 0 Å². The van der Waals surface area contributed by atoms with E-state index in [-0.39, 0.29) is 0 Å². The van der Waals surface area contributed by atoms with Crippen molar-refractivity contribution < 1.29 is 0 Å². The Morgan fingerprint density at radius 3 is 2.79 bits per heavy atom. The van der Waals surface area contributed by atoms with Crippen molar-refractivity contribution in [2.24, 2.45) is 0 Å². The molecule has 0 N–H and O–H groups in total. The Kier molecular flexibility index (Phi) is 3.82. The van der Waals surface area contributed by atoms with Gasteiger partial charge in [-0.2, -0.15) is 5.26 Å². The van der Waals surface area contributed by atoms with Gasteiger partial charge in [0.25, 0.3) is 0 Å². The first-order valence-electron chi connectivity index (χ1n) is 6.34. The largest absolute Gasteiger partial charge is 0.350 e. The van der Waals surface area contributed by atoms with Gasteiger partial charge in [0.15, 0.2) is 0 Å². The molecule has 2 rings (SSSR count). The van der Waals surface area contributed by atoms with Crippen molar-refractivity contribution in [2.75, 3.05) is 11.4 Å². The van der Waals surface area contributed by atoms with E-state index in [9.17, 15) is 5.26 Å². The second-order valence-electron chi connectivity index (χ2n) is 4.69. The summed E-state index contributed by atoms with van der Waals surface area (Å²) in [6.07, 6.45) is 1.85. The zero-order chi connectivity index (χ0) is 13.8. The molecule has 0 bridgehead atoms. The van der Waals surface area contributed by atoms with E-state index in [0.29, 0.717) is 18.2 Å². The Morgan fingerprint density at radius 2 is 2.16 bits per heavy atom. The minimum Gasteiger partial charge on any atom is -0.350 e. The number of pyridine rings is 1. The Labute approximate surface area is 113 Å². The molecule has 3 nitrogen and oxygen atoms in total. The zero-order valence-corrected chi connectivity index (χ0v) is 11.3. The van der Waals surface area contributed by atoms with Crippen molar-refractivity contribution in [3.63, 3.8) is 0 Å². The highest BCUT2D eigenvalue weighted by Crippen LogP contribution is 2.23. The molecule has 0 aliphatic rings. The molecule has 0 aliphatic heterocycles. The van der Waals surface area contributed by atoms with Crippen LogP contribution in [-0.2, 0) is 0 Å². The fourth-order valence-corrected chi connectivity index (χ4v) is 2.11. The smallest absolute Gasteiger partial charge is 0.131 e. The van der Waals surface area contributed by atoms with Crippen LogP contribution in [0.25, 0.3) is 10.9 Å². The molecular formula is C16H17N3. The van der Waals surface area contributed by atoms with E-state index in [1.165, 1.54) is 0 Å². The molecule has 0 saturated heterocycles. The summed E-state index contributed by atoms with van der Waals surface area (Å²) in [5.41, 5.74) is 1.52. The molecule has 1 aromatic carbocycles. The third kappa shape index (κ3) is 2.58. The van der Waals surface area contributed by atoms with Gasteiger partial charge < -0.3 is 4.90 Å². The van der Waals surface area contributed by atoms with Gasteiger partial charge in [-0.3, -0.25) is 0 Å². The third-order valence-corrected chi connectivity index (χ3v) is 3.07. The van der Waals surface area contributed by atoms with Crippen molar-refractivity contribution in [3.05, 3.63) is 48.6 Å². The number of hydrogen-bond acceptors (Lipinski definition) is 3. The molecule has 19 heavy (non-hydrogen) atoms. The van der Waals surface area contributed by atoms with Crippen LogP contribution >= 0.6 is 0 Å². The summed E-state index contributed by atoms with van der Waals surface area (Å²) in [5.74, 6) is 0.824. The molecular weight excluding hydrogens is 234 g/mol. The number of para-hydroxylation sites is 1. The highest BCUT2D eigenvalue weighted by atomic mass is 15.2. The Morgan fingerprint density at radius 1 is 1.42 bits per heavy atom. The number of nitrogens with zero attached hydrogens (tertiary/aromatic N) is 3. The van der Waals surface area contributed by atoms with Crippen LogP contribution in [0.5, 0.6) is 0 Å². The van der Waals surface area contributed by atoms with Crippen LogP contribution in [0.1, 0.15) is 19.4 Å². The maximum Gasteiger partial charge on any atom is 0.131 e. The number of rotatable bonds is 4. The van der Waals surface area contributed by atoms with Crippen molar-refractivity contribution in [1.29, 1.82) is 5.26 Å². The number of aromatic nitrogens is 1. The van der Waals surface area contributed by atoms with Crippen molar-refractivity contribution >= 4 is 16.7 Å². The molecule has 1 heterocycles. The summed E-state index contributed by atoms with van der Waals surface area (Å²) in [6, 6.07) is 12.1. The van der Waals surface area contributed by atoms with E-state index >= 15 is 0 Å². The Hall–Kier alpha value is -2.34. The second-order valence-corrected chi connectivity index (χ2v) is 4.69. The average molecular weight is 251 g/mol. The first-order chi connectivity index (χ1) is 9.17. The summed E-state index contributed by atoms with van der Waals surface area (Å²) in [6.45, 7) is 8.70.